The number of para-hydroxylation sites is 1. The first-order chi connectivity index (χ1) is 12.2. The number of anilines is 1. The quantitative estimate of drug-likeness (QED) is 0.489. The number of carboxylic acids is 1. The minimum absolute atomic E-state index is 0.302. The normalized spacial score (nSPS) is 15.0. The lowest BCUT2D eigenvalue weighted by atomic mass is 9.93. The van der Waals surface area contributed by atoms with Gasteiger partial charge in [0.25, 0.3) is 0 Å². The molecule has 2 rings (SSSR count). The van der Waals surface area contributed by atoms with Gasteiger partial charge in [0, 0.05) is 23.8 Å². The molecule has 0 saturated heterocycles. The van der Waals surface area contributed by atoms with Crippen LogP contribution in [0.3, 0.4) is 0 Å². The van der Waals surface area contributed by atoms with Crippen LogP contribution >= 0.6 is 0 Å². The number of hydrogen-bond donors (Lipinski definition) is 1. The van der Waals surface area contributed by atoms with E-state index in [1.54, 1.807) is 0 Å². The molecule has 0 bridgehead atoms. The zero-order valence-corrected chi connectivity index (χ0v) is 15.5. The Morgan fingerprint density at radius 1 is 0.960 bits per heavy atom. The minimum Gasteiger partial charge on any atom is -0.481 e. The van der Waals surface area contributed by atoms with Crippen LogP contribution in [0.5, 0.6) is 0 Å². The lowest BCUT2D eigenvalue weighted by molar-refractivity contribution is -0.137. The smallest absolute Gasteiger partial charge is 0.303 e. The second-order valence-electron chi connectivity index (χ2n) is 7.23. The molecule has 1 aromatic carbocycles. The molecule has 0 heterocycles. The summed E-state index contributed by atoms with van der Waals surface area (Å²) in [4.78, 5) is 13.0. The van der Waals surface area contributed by atoms with Crippen molar-refractivity contribution in [1.29, 1.82) is 0 Å². The SMILES string of the molecule is C=C(CCCCCCCC(=O)O)N(c1ccccc1)C1CCCCC1. The average molecular weight is 344 g/mol. The molecule has 0 aromatic heterocycles. The highest BCUT2D eigenvalue weighted by atomic mass is 16.4. The first-order valence-corrected chi connectivity index (χ1v) is 9.92. The second-order valence-corrected chi connectivity index (χ2v) is 7.23. The Kier molecular flexibility index (Phi) is 8.58. The van der Waals surface area contributed by atoms with Crippen LogP contribution in [0.25, 0.3) is 0 Å². The van der Waals surface area contributed by atoms with Crippen LogP contribution in [0.4, 0.5) is 5.69 Å². The van der Waals surface area contributed by atoms with Crippen molar-refractivity contribution in [2.45, 2.75) is 83.1 Å². The topological polar surface area (TPSA) is 40.5 Å². The first kappa shape index (κ1) is 19.6. The van der Waals surface area contributed by atoms with E-state index in [0.29, 0.717) is 12.5 Å². The van der Waals surface area contributed by atoms with Gasteiger partial charge < -0.3 is 10.0 Å². The summed E-state index contributed by atoms with van der Waals surface area (Å²) in [5.74, 6) is -0.681. The highest BCUT2D eigenvalue weighted by Crippen LogP contribution is 2.31. The van der Waals surface area contributed by atoms with Gasteiger partial charge in [0.15, 0.2) is 0 Å². The van der Waals surface area contributed by atoms with Gasteiger partial charge in [-0.05, 0) is 44.2 Å². The summed E-state index contributed by atoms with van der Waals surface area (Å²) in [7, 11) is 0. The van der Waals surface area contributed by atoms with E-state index >= 15 is 0 Å². The maximum absolute atomic E-state index is 10.5. The molecule has 0 radical (unpaired) electrons. The number of unbranched alkanes of at least 4 members (excludes halogenated alkanes) is 4. The van der Waals surface area contributed by atoms with Gasteiger partial charge in [0.2, 0.25) is 0 Å². The summed E-state index contributed by atoms with van der Waals surface area (Å²) in [6.07, 6.45) is 13.1. The molecule has 1 aliphatic rings. The van der Waals surface area contributed by atoms with Crippen LogP contribution in [0.1, 0.15) is 77.0 Å². The fraction of sp³-hybridized carbons (Fsp3) is 0.591. The van der Waals surface area contributed by atoms with Gasteiger partial charge >= 0.3 is 5.97 Å². The van der Waals surface area contributed by atoms with E-state index in [9.17, 15) is 4.79 Å². The summed E-state index contributed by atoms with van der Waals surface area (Å²) >= 11 is 0. The van der Waals surface area contributed by atoms with Crippen LogP contribution in [-0.4, -0.2) is 17.1 Å². The fourth-order valence-electron chi connectivity index (χ4n) is 3.84. The zero-order chi connectivity index (χ0) is 17.9. The molecule has 3 heteroatoms. The number of allylic oxidation sites excluding steroid dienone is 1. The molecule has 0 atom stereocenters. The Hall–Kier alpha value is -1.77. The number of benzene rings is 1. The first-order valence-electron chi connectivity index (χ1n) is 9.92. The molecule has 138 valence electrons. The third kappa shape index (κ3) is 6.93. The van der Waals surface area contributed by atoms with Gasteiger partial charge in [-0.25, -0.2) is 0 Å². The Labute approximate surface area is 152 Å². The highest BCUT2D eigenvalue weighted by molar-refractivity contribution is 5.66. The van der Waals surface area contributed by atoms with E-state index in [2.05, 4.69) is 41.8 Å². The number of carboxylic acid groups (broad SMARTS) is 1. The lowest BCUT2D eigenvalue weighted by Crippen LogP contribution is -2.35. The van der Waals surface area contributed by atoms with E-state index in [0.717, 1.165) is 38.5 Å². The highest BCUT2D eigenvalue weighted by Gasteiger charge is 2.23. The summed E-state index contributed by atoms with van der Waals surface area (Å²) < 4.78 is 0. The van der Waals surface area contributed by atoms with Gasteiger partial charge in [-0.1, -0.05) is 63.3 Å². The molecule has 1 N–H and O–H groups in total. The number of carbonyl (C=O) groups is 1. The Morgan fingerprint density at radius 3 is 2.20 bits per heavy atom. The standard InChI is InChI=1S/C22H33NO2/c1-19(13-7-3-2-4-12-18-22(24)25)23(20-14-8-5-9-15-20)21-16-10-6-11-17-21/h5,8-9,14-15,21H,1-4,6-7,10-13,16-18H2,(H,24,25). The van der Waals surface area contributed by atoms with Gasteiger partial charge in [0.1, 0.15) is 0 Å². The Balaban J connectivity index is 1.81. The third-order valence-electron chi connectivity index (χ3n) is 5.17. The van der Waals surface area contributed by atoms with Crippen molar-refractivity contribution in [2.75, 3.05) is 4.90 Å². The van der Waals surface area contributed by atoms with E-state index in [1.165, 1.54) is 43.5 Å². The maximum atomic E-state index is 10.5. The van der Waals surface area contributed by atoms with Crippen molar-refractivity contribution in [3.05, 3.63) is 42.6 Å². The van der Waals surface area contributed by atoms with Gasteiger partial charge in [-0.15, -0.1) is 0 Å². The summed E-state index contributed by atoms with van der Waals surface area (Å²) in [5.41, 5.74) is 2.52. The molecule has 1 aliphatic carbocycles. The van der Waals surface area contributed by atoms with Crippen LogP contribution in [-0.2, 0) is 4.79 Å². The molecule has 1 aromatic rings. The second kappa shape index (κ2) is 11.0. The zero-order valence-electron chi connectivity index (χ0n) is 15.5. The number of nitrogens with zero attached hydrogens (tertiary/aromatic N) is 1. The maximum Gasteiger partial charge on any atom is 0.303 e. The van der Waals surface area contributed by atoms with Crippen molar-refractivity contribution in [3.63, 3.8) is 0 Å². The molecule has 25 heavy (non-hydrogen) atoms. The monoisotopic (exact) mass is 343 g/mol. The van der Waals surface area contributed by atoms with Crippen LogP contribution in [0.15, 0.2) is 42.6 Å². The predicted molar refractivity (Wildman–Crippen MR) is 105 cm³/mol. The average Bonchev–Trinajstić information content (AvgIpc) is 2.63. The van der Waals surface area contributed by atoms with Crippen LogP contribution in [0.2, 0.25) is 0 Å². The summed E-state index contributed by atoms with van der Waals surface area (Å²) in [6, 6.07) is 11.3. The van der Waals surface area contributed by atoms with E-state index < -0.39 is 5.97 Å². The summed E-state index contributed by atoms with van der Waals surface area (Å²) in [6.45, 7) is 4.41. The molecule has 1 saturated carbocycles. The van der Waals surface area contributed by atoms with Gasteiger partial charge in [-0.3, -0.25) is 4.79 Å². The number of rotatable bonds is 11. The molecule has 1 fully saturated rings. The minimum atomic E-state index is -0.681. The van der Waals surface area contributed by atoms with E-state index in [4.69, 9.17) is 5.11 Å². The van der Waals surface area contributed by atoms with Gasteiger partial charge in [0.05, 0.1) is 0 Å². The van der Waals surface area contributed by atoms with Crippen molar-refractivity contribution in [2.24, 2.45) is 0 Å². The van der Waals surface area contributed by atoms with Crippen molar-refractivity contribution in [3.8, 4) is 0 Å². The number of hydrogen-bond acceptors (Lipinski definition) is 2. The summed E-state index contributed by atoms with van der Waals surface area (Å²) in [5, 5.41) is 8.66. The Bertz CT molecular complexity index is 520. The van der Waals surface area contributed by atoms with E-state index in [1.807, 2.05) is 0 Å². The third-order valence-corrected chi connectivity index (χ3v) is 5.17. The molecule has 0 aliphatic heterocycles. The van der Waals surface area contributed by atoms with Crippen LogP contribution < -0.4 is 4.90 Å². The molecular weight excluding hydrogens is 310 g/mol. The predicted octanol–water partition coefficient (Wildman–Crippen LogP) is 6.15. The Morgan fingerprint density at radius 2 is 1.56 bits per heavy atom. The largest absolute Gasteiger partial charge is 0.481 e. The molecule has 0 amide bonds. The molecule has 3 nitrogen and oxygen atoms in total. The molecular formula is C22H33NO2. The van der Waals surface area contributed by atoms with E-state index in [-0.39, 0.29) is 0 Å². The molecule has 0 spiro atoms. The van der Waals surface area contributed by atoms with Crippen molar-refractivity contribution >= 4 is 11.7 Å². The number of aliphatic carboxylic acids is 1. The van der Waals surface area contributed by atoms with Gasteiger partial charge in [-0.2, -0.15) is 0 Å². The van der Waals surface area contributed by atoms with Crippen molar-refractivity contribution in [1.82, 2.24) is 0 Å². The van der Waals surface area contributed by atoms with Crippen LogP contribution in [0, 0.1) is 0 Å². The lowest BCUT2D eigenvalue weighted by Gasteiger charge is -2.37. The van der Waals surface area contributed by atoms with Crippen molar-refractivity contribution < 1.29 is 9.90 Å². The fourth-order valence-corrected chi connectivity index (χ4v) is 3.84. The molecule has 0 unspecified atom stereocenters.